The maximum atomic E-state index is 12.7. The summed E-state index contributed by atoms with van der Waals surface area (Å²) in [4.78, 5) is 26.4. The number of alkyl halides is 3. The average molecular weight is 437 g/mol. The van der Waals surface area contributed by atoms with Crippen molar-refractivity contribution in [3.05, 3.63) is 42.2 Å². The Hall–Kier alpha value is -3.24. The second-order valence-corrected chi connectivity index (χ2v) is 7.70. The molecular weight excluding hydrogens is 415 g/mol. The number of nitrogens with one attached hydrogen (secondary N) is 2. The van der Waals surface area contributed by atoms with Gasteiger partial charge in [0.25, 0.3) is 0 Å². The van der Waals surface area contributed by atoms with Crippen LogP contribution in [0.25, 0.3) is 0 Å². The number of urea groups is 1. The predicted octanol–water partition coefficient (Wildman–Crippen LogP) is 3.28. The van der Waals surface area contributed by atoms with Crippen molar-refractivity contribution in [2.75, 3.05) is 11.4 Å². The number of benzene rings is 1. The van der Waals surface area contributed by atoms with Gasteiger partial charge in [0.05, 0.1) is 18.3 Å². The Labute approximate surface area is 176 Å². The van der Waals surface area contributed by atoms with Crippen molar-refractivity contribution >= 4 is 17.6 Å². The quantitative estimate of drug-likeness (QED) is 0.726. The van der Waals surface area contributed by atoms with Crippen molar-refractivity contribution in [2.45, 2.75) is 50.7 Å². The molecule has 1 saturated carbocycles. The molecule has 2 heterocycles. The van der Waals surface area contributed by atoms with Crippen LogP contribution in [0.3, 0.4) is 0 Å². The Bertz CT molecular complexity index is 973. The topological polar surface area (TPSA) is 88.5 Å². The molecular formula is C20H22F3N5O3. The molecule has 2 aliphatic rings. The molecule has 1 aromatic carbocycles. The van der Waals surface area contributed by atoms with Crippen LogP contribution < -0.4 is 20.3 Å². The summed E-state index contributed by atoms with van der Waals surface area (Å²) in [6, 6.07) is 4.08. The second-order valence-electron chi connectivity index (χ2n) is 7.70. The fraction of sp³-hybridized carbons (Fsp3) is 0.450. The van der Waals surface area contributed by atoms with Crippen LogP contribution in [0.15, 0.2) is 36.7 Å². The average Bonchev–Trinajstić information content (AvgIpc) is 3.30. The van der Waals surface area contributed by atoms with E-state index in [0.29, 0.717) is 12.5 Å². The summed E-state index contributed by atoms with van der Waals surface area (Å²) in [5, 5.41) is 9.73. The van der Waals surface area contributed by atoms with Gasteiger partial charge in [-0.15, -0.1) is 13.2 Å². The molecule has 2 atom stereocenters. The van der Waals surface area contributed by atoms with Gasteiger partial charge in [0, 0.05) is 30.1 Å². The summed E-state index contributed by atoms with van der Waals surface area (Å²) >= 11 is 0. The third-order valence-corrected chi connectivity index (χ3v) is 5.26. The van der Waals surface area contributed by atoms with E-state index in [-0.39, 0.29) is 18.3 Å². The minimum Gasteiger partial charge on any atom is -0.406 e. The minimum atomic E-state index is -4.82. The number of hydrogen-bond acceptors (Lipinski definition) is 4. The van der Waals surface area contributed by atoms with Gasteiger partial charge >= 0.3 is 12.4 Å². The Balaban J connectivity index is 1.33. The number of aromatic nitrogens is 2. The van der Waals surface area contributed by atoms with Gasteiger partial charge in [-0.1, -0.05) is 6.07 Å². The monoisotopic (exact) mass is 437 g/mol. The van der Waals surface area contributed by atoms with Crippen LogP contribution in [0.5, 0.6) is 5.75 Å². The lowest BCUT2D eigenvalue weighted by Gasteiger charge is -2.19. The highest BCUT2D eigenvalue weighted by Gasteiger charge is 2.35. The Morgan fingerprint density at radius 1 is 1.29 bits per heavy atom. The molecule has 2 N–H and O–H groups in total. The van der Waals surface area contributed by atoms with Crippen molar-refractivity contribution in [1.82, 2.24) is 20.4 Å². The molecule has 1 aromatic heterocycles. The van der Waals surface area contributed by atoms with E-state index in [1.54, 1.807) is 6.20 Å². The summed E-state index contributed by atoms with van der Waals surface area (Å²) in [5.74, 6) is -0.805. The van der Waals surface area contributed by atoms with Crippen LogP contribution in [-0.4, -0.2) is 40.7 Å². The van der Waals surface area contributed by atoms with Gasteiger partial charge in [-0.2, -0.15) is 5.10 Å². The van der Waals surface area contributed by atoms with Gasteiger partial charge in [0.1, 0.15) is 11.8 Å². The number of rotatable bonds is 6. The number of amides is 3. The lowest BCUT2D eigenvalue weighted by molar-refractivity contribution is -0.274. The van der Waals surface area contributed by atoms with E-state index in [1.807, 2.05) is 17.8 Å². The molecule has 11 heteroatoms. The van der Waals surface area contributed by atoms with E-state index in [2.05, 4.69) is 20.5 Å². The summed E-state index contributed by atoms with van der Waals surface area (Å²) in [7, 11) is 0. The first-order valence-electron chi connectivity index (χ1n) is 9.98. The van der Waals surface area contributed by atoms with Gasteiger partial charge in [0.15, 0.2) is 0 Å². The third-order valence-electron chi connectivity index (χ3n) is 5.26. The molecule has 166 valence electrons. The molecule has 1 saturated heterocycles. The summed E-state index contributed by atoms with van der Waals surface area (Å²) in [6.07, 6.45) is 1.35. The number of halogens is 3. The third kappa shape index (κ3) is 5.09. The molecule has 31 heavy (non-hydrogen) atoms. The lowest BCUT2D eigenvalue weighted by Crippen LogP contribution is -2.46. The van der Waals surface area contributed by atoms with E-state index in [4.69, 9.17) is 0 Å². The molecule has 0 radical (unpaired) electrons. The zero-order chi connectivity index (χ0) is 22.2. The van der Waals surface area contributed by atoms with E-state index in [9.17, 15) is 22.8 Å². The number of carbonyl (C=O) groups is 2. The molecule has 3 amide bonds. The van der Waals surface area contributed by atoms with Crippen molar-refractivity contribution < 1.29 is 27.5 Å². The summed E-state index contributed by atoms with van der Waals surface area (Å²) in [5.41, 5.74) is 1.14. The highest BCUT2D eigenvalue weighted by atomic mass is 19.4. The van der Waals surface area contributed by atoms with E-state index in [0.717, 1.165) is 30.5 Å². The highest BCUT2D eigenvalue weighted by molar-refractivity contribution is 6.01. The van der Waals surface area contributed by atoms with Crippen LogP contribution in [0, 0.1) is 0 Å². The number of anilines is 1. The van der Waals surface area contributed by atoms with Gasteiger partial charge in [-0.05, 0) is 38.3 Å². The first-order valence-corrected chi connectivity index (χ1v) is 9.98. The van der Waals surface area contributed by atoms with Crippen LogP contribution in [0.2, 0.25) is 0 Å². The smallest absolute Gasteiger partial charge is 0.406 e. The highest BCUT2D eigenvalue weighted by Crippen LogP contribution is 2.34. The van der Waals surface area contributed by atoms with Crippen LogP contribution in [-0.2, 0) is 4.79 Å². The van der Waals surface area contributed by atoms with E-state index < -0.39 is 30.1 Å². The molecule has 2 aromatic rings. The van der Waals surface area contributed by atoms with Gasteiger partial charge in [-0.3, -0.25) is 9.48 Å². The Kier molecular flexibility index (Phi) is 5.50. The largest absolute Gasteiger partial charge is 0.573 e. The van der Waals surface area contributed by atoms with Gasteiger partial charge in [0.2, 0.25) is 5.91 Å². The van der Waals surface area contributed by atoms with Crippen LogP contribution >= 0.6 is 0 Å². The van der Waals surface area contributed by atoms with Crippen molar-refractivity contribution in [3.63, 3.8) is 0 Å². The predicted molar refractivity (Wildman–Crippen MR) is 104 cm³/mol. The van der Waals surface area contributed by atoms with Gasteiger partial charge < -0.3 is 20.3 Å². The van der Waals surface area contributed by atoms with E-state index >= 15 is 0 Å². The maximum absolute atomic E-state index is 12.7. The number of ether oxygens (including phenoxy) is 1. The molecule has 2 fully saturated rings. The molecule has 1 aliphatic carbocycles. The Morgan fingerprint density at radius 2 is 2.06 bits per heavy atom. The molecule has 0 spiro atoms. The zero-order valence-corrected chi connectivity index (χ0v) is 16.7. The SMILES string of the molecule is CC(NC(=O)NC1CCN(c2cccc(OC(F)(F)F)c2)C1=O)c1cnn(C2CC2)c1. The fourth-order valence-electron chi connectivity index (χ4n) is 3.51. The lowest BCUT2D eigenvalue weighted by atomic mass is 10.2. The number of hydrogen-bond donors (Lipinski definition) is 2. The van der Waals surface area contributed by atoms with E-state index in [1.165, 1.54) is 17.0 Å². The summed E-state index contributed by atoms with van der Waals surface area (Å²) in [6.45, 7) is 2.09. The first-order chi connectivity index (χ1) is 14.7. The van der Waals surface area contributed by atoms with Gasteiger partial charge in [-0.25, -0.2) is 4.79 Å². The molecule has 4 rings (SSSR count). The molecule has 0 bridgehead atoms. The van der Waals surface area contributed by atoms with Crippen LogP contribution in [0.4, 0.5) is 23.7 Å². The minimum absolute atomic E-state index is 0.267. The number of carbonyl (C=O) groups excluding carboxylic acids is 2. The number of nitrogens with zero attached hydrogens (tertiary/aromatic N) is 3. The summed E-state index contributed by atoms with van der Waals surface area (Å²) < 4.78 is 43.1. The normalized spacial score (nSPS) is 19.9. The maximum Gasteiger partial charge on any atom is 0.573 e. The fourth-order valence-corrected chi connectivity index (χ4v) is 3.51. The second kappa shape index (κ2) is 8.12. The molecule has 2 unspecified atom stereocenters. The molecule has 8 nitrogen and oxygen atoms in total. The van der Waals surface area contributed by atoms with Crippen molar-refractivity contribution in [1.29, 1.82) is 0 Å². The molecule has 1 aliphatic heterocycles. The van der Waals surface area contributed by atoms with Crippen molar-refractivity contribution in [2.24, 2.45) is 0 Å². The zero-order valence-electron chi connectivity index (χ0n) is 16.7. The standard InChI is InChI=1S/C20H22F3N5O3/c1-12(13-10-24-28(11-13)14-5-6-14)25-19(30)26-17-7-8-27(18(17)29)15-3-2-4-16(9-15)31-20(21,22)23/h2-4,9-12,14,17H,5-8H2,1H3,(H2,25,26,30). The Morgan fingerprint density at radius 3 is 2.77 bits per heavy atom. The van der Waals surface area contributed by atoms with Crippen LogP contribution in [0.1, 0.15) is 43.8 Å². The van der Waals surface area contributed by atoms with Crippen molar-refractivity contribution in [3.8, 4) is 5.75 Å². The first kappa shape index (κ1) is 21.0.